The van der Waals surface area contributed by atoms with Gasteiger partial charge < -0.3 is 0 Å². The molecule has 2 aromatic heterocycles. The van der Waals surface area contributed by atoms with Crippen LogP contribution in [0.4, 0.5) is 5.13 Å². The fourth-order valence-electron chi connectivity index (χ4n) is 1.23. The van der Waals surface area contributed by atoms with Crippen LogP contribution in [0.25, 0.3) is 6.08 Å². The zero-order valence-corrected chi connectivity index (χ0v) is 10.0. The van der Waals surface area contributed by atoms with Crippen molar-refractivity contribution in [2.75, 3.05) is 5.32 Å². The number of rotatable bonds is 3. The summed E-state index contributed by atoms with van der Waals surface area (Å²) in [5, 5.41) is 13.7. The summed E-state index contributed by atoms with van der Waals surface area (Å²) >= 11 is 1.29. The van der Waals surface area contributed by atoms with Crippen molar-refractivity contribution < 1.29 is 4.79 Å². The summed E-state index contributed by atoms with van der Waals surface area (Å²) in [6.07, 6.45) is 6.26. The topological polar surface area (TPSA) is 78.7 Å². The Labute approximate surface area is 107 Å². The zero-order valence-electron chi connectivity index (χ0n) is 9.20. The molecule has 1 amide bonds. The predicted octanol–water partition coefficient (Wildman–Crippen LogP) is 2.08. The monoisotopic (exact) mass is 256 g/mol. The van der Waals surface area contributed by atoms with Crippen molar-refractivity contribution in [2.45, 2.75) is 0 Å². The highest BCUT2D eigenvalue weighted by atomic mass is 32.1. The molecule has 5 nitrogen and oxygen atoms in total. The average Bonchev–Trinajstić information content (AvgIpc) is 2.90. The van der Waals surface area contributed by atoms with Crippen molar-refractivity contribution in [1.82, 2.24) is 9.97 Å². The highest BCUT2D eigenvalue weighted by molar-refractivity contribution is 7.13. The molecular formula is C12H8N4OS. The molecule has 88 valence electrons. The second-order valence-electron chi connectivity index (χ2n) is 3.25. The third-order valence-electron chi connectivity index (χ3n) is 2.01. The second kappa shape index (κ2) is 5.70. The van der Waals surface area contributed by atoms with E-state index in [1.807, 2.05) is 6.07 Å². The Morgan fingerprint density at radius 3 is 3.00 bits per heavy atom. The van der Waals surface area contributed by atoms with Crippen LogP contribution in [0.1, 0.15) is 5.56 Å². The minimum Gasteiger partial charge on any atom is -0.297 e. The van der Waals surface area contributed by atoms with E-state index in [0.29, 0.717) is 10.7 Å². The third-order valence-corrected chi connectivity index (χ3v) is 2.70. The summed E-state index contributed by atoms with van der Waals surface area (Å²) in [6.45, 7) is 0. The number of pyridine rings is 1. The summed E-state index contributed by atoms with van der Waals surface area (Å²) in [6, 6.07) is 5.36. The van der Waals surface area contributed by atoms with Crippen LogP contribution in [0, 0.1) is 11.3 Å². The maximum Gasteiger partial charge on any atom is 0.268 e. The van der Waals surface area contributed by atoms with Gasteiger partial charge in [-0.05, 0) is 17.7 Å². The molecule has 1 N–H and O–H groups in total. The number of carbonyl (C=O) groups is 1. The van der Waals surface area contributed by atoms with Crippen LogP contribution in [-0.2, 0) is 4.79 Å². The predicted molar refractivity (Wildman–Crippen MR) is 68.6 cm³/mol. The number of amides is 1. The summed E-state index contributed by atoms with van der Waals surface area (Å²) in [7, 11) is 0. The van der Waals surface area contributed by atoms with Gasteiger partial charge in [0.2, 0.25) is 0 Å². The first-order chi connectivity index (χ1) is 8.79. The molecule has 6 heteroatoms. The quantitative estimate of drug-likeness (QED) is 0.673. The van der Waals surface area contributed by atoms with Crippen LogP contribution < -0.4 is 5.32 Å². The molecule has 0 saturated carbocycles. The molecule has 0 aromatic carbocycles. The van der Waals surface area contributed by atoms with E-state index < -0.39 is 5.91 Å². The molecule has 0 radical (unpaired) electrons. The summed E-state index contributed by atoms with van der Waals surface area (Å²) in [4.78, 5) is 19.6. The van der Waals surface area contributed by atoms with Crippen LogP contribution in [-0.4, -0.2) is 15.9 Å². The molecule has 0 aliphatic heterocycles. The number of nitrogens with zero attached hydrogens (tertiary/aromatic N) is 3. The molecule has 0 atom stereocenters. The van der Waals surface area contributed by atoms with Crippen molar-refractivity contribution in [3.05, 3.63) is 47.2 Å². The van der Waals surface area contributed by atoms with E-state index in [-0.39, 0.29) is 5.57 Å². The highest BCUT2D eigenvalue weighted by Gasteiger charge is 2.10. The molecule has 0 aliphatic carbocycles. The van der Waals surface area contributed by atoms with E-state index >= 15 is 0 Å². The lowest BCUT2D eigenvalue weighted by Crippen LogP contribution is -2.13. The molecule has 18 heavy (non-hydrogen) atoms. The lowest BCUT2D eigenvalue weighted by molar-refractivity contribution is -0.112. The second-order valence-corrected chi connectivity index (χ2v) is 4.14. The Balaban J connectivity index is 2.17. The maximum absolute atomic E-state index is 11.8. The molecule has 0 spiro atoms. The number of anilines is 1. The first kappa shape index (κ1) is 12.0. The van der Waals surface area contributed by atoms with Crippen molar-refractivity contribution in [2.24, 2.45) is 0 Å². The van der Waals surface area contributed by atoms with E-state index in [0.717, 1.165) is 0 Å². The Bertz CT molecular complexity index is 599. The Morgan fingerprint density at radius 1 is 1.50 bits per heavy atom. The van der Waals surface area contributed by atoms with Gasteiger partial charge in [-0.15, -0.1) is 11.3 Å². The van der Waals surface area contributed by atoms with Crippen molar-refractivity contribution in [3.8, 4) is 6.07 Å². The largest absolute Gasteiger partial charge is 0.297 e. The molecule has 0 saturated heterocycles. The van der Waals surface area contributed by atoms with Crippen LogP contribution >= 0.6 is 11.3 Å². The Kier molecular flexibility index (Phi) is 3.79. The first-order valence-electron chi connectivity index (χ1n) is 5.02. The first-order valence-corrected chi connectivity index (χ1v) is 5.90. The number of hydrogen-bond acceptors (Lipinski definition) is 5. The lowest BCUT2D eigenvalue weighted by Gasteiger charge is -1.99. The maximum atomic E-state index is 11.8. The summed E-state index contributed by atoms with van der Waals surface area (Å²) in [5.41, 5.74) is 0.710. The molecular weight excluding hydrogens is 248 g/mol. The van der Waals surface area contributed by atoms with Gasteiger partial charge in [-0.2, -0.15) is 5.26 Å². The van der Waals surface area contributed by atoms with E-state index in [4.69, 9.17) is 5.26 Å². The smallest absolute Gasteiger partial charge is 0.268 e. The van der Waals surface area contributed by atoms with Crippen molar-refractivity contribution >= 4 is 28.5 Å². The summed E-state index contributed by atoms with van der Waals surface area (Å²) in [5.74, 6) is -0.476. The van der Waals surface area contributed by atoms with E-state index in [9.17, 15) is 4.79 Å². The third kappa shape index (κ3) is 2.99. The number of nitriles is 1. The number of hydrogen-bond donors (Lipinski definition) is 1. The Morgan fingerprint density at radius 2 is 2.39 bits per heavy atom. The lowest BCUT2D eigenvalue weighted by atomic mass is 10.2. The molecule has 0 aliphatic rings. The fourth-order valence-corrected chi connectivity index (χ4v) is 1.75. The van der Waals surface area contributed by atoms with Crippen LogP contribution in [0.15, 0.2) is 41.7 Å². The van der Waals surface area contributed by atoms with Gasteiger partial charge in [-0.1, -0.05) is 6.07 Å². The molecule has 0 fully saturated rings. The van der Waals surface area contributed by atoms with Gasteiger partial charge in [-0.3, -0.25) is 15.1 Å². The number of carbonyl (C=O) groups excluding carboxylic acids is 1. The van der Waals surface area contributed by atoms with Gasteiger partial charge in [0.05, 0.1) is 0 Å². The molecule has 2 heterocycles. The average molecular weight is 256 g/mol. The Hall–Kier alpha value is -2.52. The number of aromatic nitrogens is 2. The zero-order chi connectivity index (χ0) is 12.8. The molecule has 0 unspecified atom stereocenters. The van der Waals surface area contributed by atoms with Crippen molar-refractivity contribution in [3.63, 3.8) is 0 Å². The van der Waals surface area contributed by atoms with Gasteiger partial charge in [0, 0.05) is 24.0 Å². The molecule has 2 aromatic rings. The van der Waals surface area contributed by atoms with Gasteiger partial charge in [0.1, 0.15) is 11.6 Å². The molecule has 2 rings (SSSR count). The normalized spacial score (nSPS) is 10.7. The van der Waals surface area contributed by atoms with Crippen LogP contribution in [0.3, 0.4) is 0 Å². The highest BCUT2D eigenvalue weighted by Crippen LogP contribution is 2.12. The number of nitrogens with one attached hydrogen (secondary N) is 1. The standard InChI is InChI=1S/C12H8N4OS/c13-7-10(6-9-2-1-3-14-8-9)11(17)16-12-15-4-5-18-12/h1-6,8H,(H,15,16,17). The summed E-state index contributed by atoms with van der Waals surface area (Å²) < 4.78 is 0. The SMILES string of the molecule is N#CC(=Cc1cccnc1)C(=O)Nc1nccs1. The van der Waals surface area contributed by atoms with Crippen LogP contribution in [0.2, 0.25) is 0 Å². The van der Waals surface area contributed by atoms with Crippen LogP contribution in [0.5, 0.6) is 0 Å². The minimum absolute atomic E-state index is 0.0122. The fraction of sp³-hybridized carbons (Fsp3) is 0. The number of thiazole rings is 1. The minimum atomic E-state index is -0.476. The van der Waals surface area contributed by atoms with Gasteiger partial charge in [-0.25, -0.2) is 4.98 Å². The van der Waals surface area contributed by atoms with Crippen molar-refractivity contribution in [1.29, 1.82) is 5.26 Å². The van der Waals surface area contributed by atoms with Gasteiger partial charge >= 0.3 is 0 Å². The van der Waals surface area contributed by atoms with E-state index in [1.165, 1.54) is 17.4 Å². The molecule has 0 bridgehead atoms. The van der Waals surface area contributed by atoms with E-state index in [1.54, 1.807) is 36.1 Å². The van der Waals surface area contributed by atoms with Gasteiger partial charge in [0.25, 0.3) is 5.91 Å². The van der Waals surface area contributed by atoms with Gasteiger partial charge in [0.15, 0.2) is 5.13 Å². The van der Waals surface area contributed by atoms with E-state index in [2.05, 4.69) is 15.3 Å².